The van der Waals surface area contributed by atoms with Crippen LogP contribution in [0, 0.1) is 35.5 Å². The first kappa shape index (κ1) is 19.0. The van der Waals surface area contributed by atoms with Crippen molar-refractivity contribution < 1.29 is 0 Å². The first-order chi connectivity index (χ1) is 10.1. The van der Waals surface area contributed by atoms with Gasteiger partial charge in [0.2, 0.25) is 0 Å². The molecule has 0 heterocycles. The average molecular weight is 295 g/mol. The van der Waals surface area contributed by atoms with Crippen LogP contribution >= 0.6 is 0 Å². The fourth-order valence-corrected chi connectivity index (χ4v) is 5.20. The molecule has 1 fully saturated rings. The molecule has 0 N–H and O–H groups in total. The molecule has 1 saturated carbocycles. The van der Waals surface area contributed by atoms with Crippen LogP contribution in [0.1, 0.15) is 99.3 Å². The summed E-state index contributed by atoms with van der Waals surface area (Å²) in [6, 6.07) is 0. The molecule has 5 atom stereocenters. The largest absolute Gasteiger partial charge is 0.0651 e. The van der Waals surface area contributed by atoms with Crippen LogP contribution in [-0.4, -0.2) is 0 Å². The molecule has 0 radical (unpaired) electrons. The van der Waals surface area contributed by atoms with Crippen molar-refractivity contribution >= 4 is 0 Å². The highest BCUT2D eigenvalue weighted by Gasteiger charge is 2.33. The van der Waals surface area contributed by atoms with Gasteiger partial charge in [0.25, 0.3) is 0 Å². The molecule has 0 aliphatic heterocycles. The van der Waals surface area contributed by atoms with E-state index < -0.39 is 0 Å². The fourth-order valence-electron chi connectivity index (χ4n) is 5.20. The van der Waals surface area contributed by atoms with Gasteiger partial charge in [-0.25, -0.2) is 0 Å². The van der Waals surface area contributed by atoms with Crippen LogP contribution in [0.5, 0.6) is 0 Å². The van der Waals surface area contributed by atoms with E-state index in [1.807, 2.05) is 0 Å². The summed E-state index contributed by atoms with van der Waals surface area (Å²) in [5.41, 5.74) is 0. The van der Waals surface area contributed by atoms with E-state index in [0.717, 1.165) is 35.5 Å². The van der Waals surface area contributed by atoms with Gasteiger partial charge in [-0.1, -0.05) is 92.9 Å². The monoisotopic (exact) mass is 294 g/mol. The molecule has 0 aromatic carbocycles. The van der Waals surface area contributed by atoms with E-state index in [9.17, 15) is 0 Å². The van der Waals surface area contributed by atoms with Crippen molar-refractivity contribution in [3.05, 3.63) is 0 Å². The Hall–Kier alpha value is 0. The third-order valence-corrected chi connectivity index (χ3v) is 6.99. The van der Waals surface area contributed by atoms with Crippen molar-refractivity contribution in [1.29, 1.82) is 0 Å². The van der Waals surface area contributed by atoms with Gasteiger partial charge in [0.1, 0.15) is 0 Å². The Kier molecular flexibility index (Phi) is 8.98. The Morgan fingerprint density at radius 2 is 1.43 bits per heavy atom. The maximum Gasteiger partial charge on any atom is -0.0355 e. The fraction of sp³-hybridized carbons (Fsp3) is 1.00. The van der Waals surface area contributed by atoms with Crippen molar-refractivity contribution in [2.75, 3.05) is 0 Å². The molecule has 0 amide bonds. The second kappa shape index (κ2) is 9.90. The molecule has 1 rings (SSSR count). The zero-order chi connectivity index (χ0) is 15.8. The molecule has 0 aromatic rings. The Labute approximate surface area is 135 Å². The summed E-state index contributed by atoms with van der Waals surface area (Å²) in [7, 11) is 0. The van der Waals surface area contributed by atoms with Gasteiger partial charge in [-0.2, -0.15) is 0 Å². The van der Waals surface area contributed by atoms with Crippen LogP contribution in [0.25, 0.3) is 0 Å². The topological polar surface area (TPSA) is 0 Å². The van der Waals surface area contributed by atoms with Gasteiger partial charge in [0.15, 0.2) is 0 Å². The maximum atomic E-state index is 2.58. The lowest BCUT2D eigenvalue weighted by Crippen LogP contribution is -2.29. The van der Waals surface area contributed by atoms with Crippen LogP contribution in [0.15, 0.2) is 0 Å². The maximum absolute atomic E-state index is 2.58. The third kappa shape index (κ3) is 5.29. The molecule has 1 aliphatic carbocycles. The van der Waals surface area contributed by atoms with Crippen molar-refractivity contribution in [2.24, 2.45) is 35.5 Å². The highest BCUT2D eigenvalue weighted by Crippen LogP contribution is 2.42. The molecule has 0 spiro atoms. The molecule has 21 heavy (non-hydrogen) atoms. The standard InChI is InChI=1S/C21H42/c1-7-18(8-2)17(6)21-15-20(10-4)16(5)13-11-12-14-19(21)9-3/h16-21H,7-15H2,1-6H3. The van der Waals surface area contributed by atoms with Crippen LogP contribution in [0.2, 0.25) is 0 Å². The van der Waals surface area contributed by atoms with Crippen LogP contribution in [0.3, 0.4) is 0 Å². The van der Waals surface area contributed by atoms with E-state index in [4.69, 9.17) is 0 Å². The normalized spacial score (nSPS) is 33.3. The zero-order valence-corrected chi connectivity index (χ0v) is 15.8. The van der Waals surface area contributed by atoms with E-state index >= 15 is 0 Å². The summed E-state index contributed by atoms with van der Waals surface area (Å²) in [5, 5.41) is 0. The Bertz CT molecular complexity index is 253. The molecule has 0 bridgehead atoms. The Morgan fingerprint density at radius 3 is 1.95 bits per heavy atom. The van der Waals surface area contributed by atoms with Gasteiger partial charge in [-0.3, -0.25) is 0 Å². The van der Waals surface area contributed by atoms with Gasteiger partial charge < -0.3 is 0 Å². The lowest BCUT2D eigenvalue weighted by molar-refractivity contribution is 0.117. The predicted octanol–water partition coefficient (Wildman–Crippen LogP) is 7.33. The van der Waals surface area contributed by atoms with Gasteiger partial charge >= 0.3 is 0 Å². The quantitative estimate of drug-likeness (QED) is 0.481. The van der Waals surface area contributed by atoms with Crippen LogP contribution in [-0.2, 0) is 0 Å². The summed E-state index contributed by atoms with van der Waals surface area (Å²) in [5.74, 6) is 5.74. The van der Waals surface area contributed by atoms with E-state index in [1.54, 1.807) is 0 Å². The lowest BCUT2D eigenvalue weighted by atomic mass is 9.67. The highest BCUT2D eigenvalue weighted by atomic mass is 14.4. The SMILES string of the molecule is CCC1CC(C(C)C(CC)CC)C(CC)CCCCC1C. The first-order valence-corrected chi connectivity index (χ1v) is 10.1. The highest BCUT2D eigenvalue weighted by molar-refractivity contribution is 4.83. The second-order valence-corrected chi connectivity index (χ2v) is 7.93. The van der Waals surface area contributed by atoms with Gasteiger partial charge in [-0.15, -0.1) is 0 Å². The smallest absolute Gasteiger partial charge is 0.0355 e. The Morgan fingerprint density at radius 1 is 0.857 bits per heavy atom. The molecule has 0 saturated heterocycles. The van der Waals surface area contributed by atoms with E-state index in [1.165, 1.54) is 57.8 Å². The summed E-state index contributed by atoms with van der Waals surface area (Å²) in [4.78, 5) is 0. The molecule has 126 valence electrons. The van der Waals surface area contributed by atoms with Gasteiger partial charge in [0, 0.05) is 0 Å². The minimum absolute atomic E-state index is 0.921. The van der Waals surface area contributed by atoms with Gasteiger partial charge in [0.05, 0.1) is 0 Å². The summed E-state index contributed by atoms with van der Waals surface area (Å²) < 4.78 is 0. The summed E-state index contributed by atoms with van der Waals surface area (Å²) >= 11 is 0. The second-order valence-electron chi connectivity index (χ2n) is 7.93. The summed E-state index contributed by atoms with van der Waals surface area (Å²) in [6.07, 6.45) is 13.0. The molecule has 5 unspecified atom stereocenters. The minimum Gasteiger partial charge on any atom is -0.0651 e. The molecule has 0 aromatic heterocycles. The van der Waals surface area contributed by atoms with Crippen molar-refractivity contribution in [3.63, 3.8) is 0 Å². The van der Waals surface area contributed by atoms with E-state index in [2.05, 4.69) is 41.5 Å². The minimum atomic E-state index is 0.921. The van der Waals surface area contributed by atoms with Gasteiger partial charge in [-0.05, 0) is 41.9 Å². The first-order valence-electron chi connectivity index (χ1n) is 10.1. The van der Waals surface area contributed by atoms with Crippen molar-refractivity contribution in [3.8, 4) is 0 Å². The Balaban J connectivity index is 2.93. The lowest BCUT2D eigenvalue weighted by Gasteiger charge is -2.38. The molecule has 0 nitrogen and oxygen atoms in total. The molecular weight excluding hydrogens is 252 g/mol. The van der Waals surface area contributed by atoms with Crippen molar-refractivity contribution in [1.82, 2.24) is 0 Å². The van der Waals surface area contributed by atoms with E-state index in [-0.39, 0.29) is 0 Å². The average Bonchev–Trinajstić information content (AvgIpc) is 2.57. The number of hydrogen-bond acceptors (Lipinski definition) is 0. The summed E-state index contributed by atoms with van der Waals surface area (Å²) in [6.45, 7) is 14.8. The molecular formula is C21H42. The van der Waals surface area contributed by atoms with Crippen LogP contribution < -0.4 is 0 Å². The number of rotatable bonds is 6. The zero-order valence-electron chi connectivity index (χ0n) is 15.8. The van der Waals surface area contributed by atoms with Crippen molar-refractivity contribution in [2.45, 2.75) is 99.3 Å². The molecule has 0 heteroatoms. The van der Waals surface area contributed by atoms with E-state index in [0.29, 0.717) is 0 Å². The predicted molar refractivity (Wildman–Crippen MR) is 96.5 cm³/mol. The number of hydrogen-bond donors (Lipinski definition) is 0. The van der Waals surface area contributed by atoms with Crippen LogP contribution in [0.4, 0.5) is 0 Å². The third-order valence-electron chi connectivity index (χ3n) is 6.99. The molecule has 1 aliphatic rings.